The van der Waals surface area contributed by atoms with Gasteiger partial charge in [0.1, 0.15) is 5.82 Å². The maximum absolute atomic E-state index is 12.9. The number of carbonyl (C=O) groups excluding carboxylic acids is 1. The van der Waals surface area contributed by atoms with Crippen LogP contribution < -0.4 is 5.32 Å². The van der Waals surface area contributed by atoms with Gasteiger partial charge in [-0.3, -0.25) is 5.32 Å². The number of halogens is 1. The molecule has 0 heterocycles. The summed E-state index contributed by atoms with van der Waals surface area (Å²) in [5.74, 6) is -0.353. The van der Waals surface area contributed by atoms with Crippen molar-refractivity contribution in [2.24, 2.45) is 0 Å². The Labute approximate surface area is 75.5 Å². The van der Waals surface area contributed by atoms with E-state index in [1.165, 1.54) is 19.2 Å². The van der Waals surface area contributed by atoms with Crippen LogP contribution in [0.2, 0.25) is 0 Å². The molecule has 0 fully saturated rings. The molecule has 1 aromatic carbocycles. The van der Waals surface area contributed by atoms with Gasteiger partial charge in [-0.2, -0.15) is 0 Å². The second-order valence-corrected chi connectivity index (χ2v) is 2.53. The van der Waals surface area contributed by atoms with Crippen LogP contribution in [0.4, 0.5) is 14.9 Å². The van der Waals surface area contributed by atoms with Gasteiger partial charge in [0.15, 0.2) is 0 Å². The smallest absolute Gasteiger partial charge is 0.411 e. The number of amides is 1. The molecule has 0 aliphatic rings. The Bertz CT molecular complexity index is 325. The Morgan fingerprint density at radius 3 is 2.85 bits per heavy atom. The monoisotopic (exact) mass is 183 g/mol. The molecular formula is C9H10FNO2. The van der Waals surface area contributed by atoms with Crippen LogP contribution in [-0.2, 0) is 4.74 Å². The number of methoxy groups -OCH3 is 1. The van der Waals surface area contributed by atoms with Gasteiger partial charge >= 0.3 is 6.09 Å². The van der Waals surface area contributed by atoms with E-state index in [1.54, 1.807) is 13.0 Å². The number of rotatable bonds is 1. The van der Waals surface area contributed by atoms with Gasteiger partial charge < -0.3 is 4.74 Å². The number of hydrogen-bond acceptors (Lipinski definition) is 2. The first-order valence-corrected chi connectivity index (χ1v) is 3.75. The zero-order valence-electron chi connectivity index (χ0n) is 7.43. The summed E-state index contributed by atoms with van der Waals surface area (Å²) >= 11 is 0. The van der Waals surface area contributed by atoms with E-state index in [9.17, 15) is 9.18 Å². The number of benzene rings is 1. The van der Waals surface area contributed by atoms with Gasteiger partial charge in [0.05, 0.1) is 7.11 Å². The largest absolute Gasteiger partial charge is 0.453 e. The van der Waals surface area contributed by atoms with Gasteiger partial charge in [0, 0.05) is 11.3 Å². The molecule has 0 saturated carbocycles. The number of anilines is 1. The van der Waals surface area contributed by atoms with Crippen molar-refractivity contribution in [3.63, 3.8) is 0 Å². The van der Waals surface area contributed by atoms with E-state index in [-0.39, 0.29) is 5.82 Å². The minimum absolute atomic E-state index is 0.353. The zero-order valence-corrected chi connectivity index (χ0v) is 7.43. The lowest BCUT2D eigenvalue weighted by Gasteiger charge is -2.06. The van der Waals surface area contributed by atoms with Crippen LogP contribution in [0.3, 0.4) is 0 Å². The topological polar surface area (TPSA) is 38.3 Å². The predicted octanol–water partition coefficient (Wildman–Crippen LogP) is 2.31. The summed E-state index contributed by atoms with van der Waals surface area (Å²) in [5, 5.41) is 2.40. The predicted molar refractivity (Wildman–Crippen MR) is 47.2 cm³/mol. The first-order valence-electron chi connectivity index (χ1n) is 3.75. The summed E-state index contributed by atoms with van der Waals surface area (Å²) in [6.45, 7) is 1.58. The Morgan fingerprint density at radius 1 is 1.54 bits per heavy atom. The maximum Gasteiger partial charge on any atom is 0.411 e. The van der Waals surface area contributed by atoms with Gasteiger partial charge in [-0.15, -0.1) is 0 Å². The summed E-state index contributed by atoms with van der Waals surface area (Å²) in [7, 11) is 1.25. The fourth-order valence-electron chi connectivity index (χ4n) is 0.904. The summed E-state index contributed by atoms with van der Waals surface area (Å²) < 4.78 is 17.3. The molecule has 13 heavy (non-hydrogen) atoms. The molecule has 0 aromatic heterocycles. The maximum atomic E-state index is 12.9. The quantitative estimate of drug-likeness (QED) is 0.725. The fourth-order valence-corrected chi connectivity index (χ4v) is 0.904. The average Bonchev–Trinajstić information content (AvgIpc) is 2.13. The van der Waals surface area contributed by atoms with Crippen molar-refractivity contribution in [3.05, 3.63) is 29.6 Å². The van der Waals surface area contributed by atoms with Crippen molar-refractivity contribution in [3.8, 4) is 0 Å². The lowest BCUT2D eigenvalue weighted by Crippen LogP contribution is -2.12. The number of ether oxygens (including phenoxy) is 1. The molecule has 3 nitrogen and oxygen atoms in total. The van der Waals surface area contributed by atoms with E-state index >= 15 is 0 Å². The molecule has 0 aliphatic carbocycles. The molecule has 0 unspecified atom stereocenters. The Balaban J connectivity index is 2.89. The van der Waals surface area contributed by atoms with Crippen LogP contribution in [-0.4, -0.2) is 13.2 Å². The molecule has 1 rings (SSSR count). The highest BCUT2D eigenvalue weighted by Crippen LogP contribution is 2.17. The molecule has 70 valence electrons. The van der Waals surface area contributed by atoms with Crippen LogP contribution in [0, 0.1) is 12.7 Å². The molecule has 0 radical (unpaired) electrons. The summed E-state index contributed by atoms with van der Waals surface area (Å²) in [4.78, 5) is 10.8. The van der Waals surface area contributed by atoms with Gasteiger partial charge in [0.25, 0.3) is 0 Å². The molecule has 1 aromatic rings. The SMILES string of the molecule is COC(=O)Nc1cccc(F)c1C. The van der Waals surface area contributed by atoms with Gasteiger partial charge in [0.2, 0.25) is 0 Å². The summed E-state index contributed by atoms with van der Waals surface area (Å²) in [5.41, 5.74) is 0.819. The third kappa shape index (κ3) is 2.18. The van der Waals surface area contributed by atoms with Crippen molar-refractivity contribution >= 4 is 11.8 Å². The lowest BCUT2D eigenvalue weighted by molar-refractivity contribution is 0.187. The molecule has 1 N–H and O–H groups in total. The van der Waals surface area contributed by atoms with Crippen molar-refractivity contribution in [2.45, 2.75) is 6.92 Å². The van der Waals surface area contributed by atoms with Crippen LogP contribution in [0.15, 0.2) is 18.2 Å². The van der Waals surface area contributed by atoms with Gasteiger partial charge in [-0.05, 0) is 19.1 Å². The zero-order chi connectivity index (χ0) is 9.84. The Kier molecular flexibility index (Phi) is 2.84. The normalized spacial score (nSPS) is 9.46. The Hall–Kier alpha value is -1.58. The minimum atomic E-state index is -0.603. The number of nitrogens with one attached hydrogen (secondary N) is 1. The molecule has 1 amide bonds. The third-order valence-corrected chi connectivity index (χ3v) is 1.69. The van der Waals surface area contributed by atoms with E-state index in [1.807, 2.05) is 0 Å². The van der Waals surface area contributed by atoms with E-state index in [0.29, 0.717) is 11.3 Å². The van der Waals surface area contributed by atoms with E-state index < -0.39 is 6.09 Å². The summed E-state index contributed by atoms with van der Waals surface area (Å²) in [6, 6.07) is 4.46. The molecule has 0 saturated heterocycles. The summed E-state index contributed by atoms with van der Waals surface area (Å²) in [6.07, 6.45) is -0.603. The average molecular weight is 183 g/mol. The van der Waals surface area contributed by atoms with Crippen molar-refractivity contribution in [2.75, 3.05) is 12.4 Å². The first-order chi connectivity index (χ1) is 6.15. The standard InChI is InChI=1S/C9H10FNO2/c1-6-7(10)4-3-5-8(6)11-9(12)13-2/h3-5H,1-2H3,(H,11,12). The van der Waals surface area contributed by atoms with Crippen LogP contribution >= 0.6 is 0 Å². The number of carbonyl (C=O) groups is 1. The van der Waals surface area contributed by atoms with Crippen molar-refractivity contribution in [1.29, 1.82) is 0 Å². The highest BCUT2D eigenvalue weighted by molar-refractivity contribution is 5.85. The van der Waals surface area contributed by atoms with E-state index in [2.05, 4.69) is 10.1 Å². The third-order valence-electron chi connectivity index (χ3n) is 1.69. The minimum Gasteiger partial charge on any atom is -0.453 e. The second-order valence-electron chi connectivity index (χ2n) is 2.53. The van der Waals surface area contributed by atoms with Crippen molar-refractivity contribution < 1.29 is 13.9 Å². The molecule has 0 atom stereocenters. The van der Waals surface area contributed by atoms with E-state index in [4.69, 9.17) is 0 Å². The Morgan fingerprint density at radius 2 is 2.23 bits per heavy atom. The van der Waals surface area contributed by atoms with E-state index in [0.717, 1.165) is 0 Å². The molecular weight excluding hydrogens is 173 g/mol. The van der Waals surface area contributed by atoms with Gasteiger partial charge in [-0.1, -0.05) is 6.07 Å². The van der Waals surface area contributed by atoms with Gasteiger partial charge in [-0.25, -0.2) is 9.18 Å². The lowest BCUT2D eigenvalue weighted by atomic mass is 10.2. The van der Waals surface area contributed by atoms with Crippen molar-refractivity contribution in [1.82, 2.24) is 0 Å². The van der Waals surface area contributed by atoms with Crippen LogP contribution in [0.5, 0.6) is 0 Å². The fraction of sp³-hybridized carbons (Fsp3) is 0.222. The molecule has 0 spiro atoms. The first kappa shape index (κ1) is 9.51. The molecule has 0 aliphatic heterocycles. The number of hydrogen-bond donors (Lipinski definition) is 1. The second kappa shape index (κ2) is 3.89. The molecule has 0 bridgehead atoms. The molecule has 4 heteroatoms. The van der Waals surface area contributed by atoms with Crippen LogP contribution in [0.25, 0.3) is 0 Å². The highest BCUT2D eigenvalue weighted by atomic mass is 19.1. The highest BCUT2D eigenvalue weighted by Gasteiger charge is 2.06. The van der Waals surface area contributed by atoms with Crippen LogP contribution in [0.1, 0.15) is 5.56 Å².